The van der Waals surface area contributed by atoms with Crippen LogP contribution in [-0.4, -0.2) is 23.0 Å². The highest BCUT2D eigenvalue weighted by molar-refractivity contribution is 5.81. The van der Waals surface area contributed by atoms with Crippen LogP contribution in [0.1, 0.15) is 35.1 Å². The molecule has 1 unspecified atom stereocenters. The second-order valence-electron chi connectivity index (χ2n) is 2.00. The Morgan fingerprint density at radius 2 is 1.83 bits per heavy atom. The summed E-state index contributed by atoms with van der Waals surface area (Å²) < 4.78 is 0. The molecular formula is C8H19NO3. The minimum atomic E-state index is -0.988. The van der Waals surface area contributed by atoms with Crippen molar-refractivity contribution in [2.45, 2.75) is 41.2 Å². The van der Waals surface area contributed by atoms with Gasteiger partial charge in [-0.1, -0.05) is 21.8 Å². The fourth-order valence-corrected chi connectivity index (χ4v) is 0.584. The summed E-state index contributed by atoms with van der Waals surface area (Å²) in [6.07, 6.45) is 0.412. The standard InChI is InChI=1S/C6H11NO3.2CH4/c1-3-5(6(9)10)7-4(2)8;;/h5H,3H2,1-2H3,(H,7,8)(H,9,10);2*1H4. The van der Waals surface area contributed by atoms with Crippen molar-refractivity contribution in [2.24, 2.45) is 0 Å². The molecule has 0 rings (SSSR count). The van der Waals surface area contributed by atoms with Crippen molar-refractivity contribution in [1.29, 1.82) is 0 Å². The first kappa shape index (κ1) is 17.1. The van der Waals surface area contributed by atoms with Crippen molar-refractivity contribution in [3.05, 3.63) is 0 Å². The summed E-state index contributed by atoms with van der Waals surface area (Å²) in [5.41, 5.74) is 0. The van der Waals surface area contributed by atoms with Crippen LogP contribution in [0.15, 0.2) is 0 Å². The van der Waals surface area contributed by atoms with Crippen LogP contribution in [0.4, 0.5) is 0 Å². The summed E-state index contributed by atoms with van der Waals surface area (Å²) in [7, 11) is 0. The summed E-state index contributed by atoms with van der Waals surface area (Å²) in [6, 6.07) is -0.738. The molecule has 0 spiro atoms. The molecule has 0 heterocycles. The lowest BCUT2D eigenvalue weighted by atomic mass is 10.2. The molecule has 0 aromatic heterocycles. The average Bonchev–Trinajstić information content (AvgIpc) is 1.81. The van der Waals surface area contributed by atoms with Crippen LogP contribution in [0.5, 0.6) is 0 Å². The Morgan fingerprint density at radius 1 is 1.42 bits per heavy atom. The molecule has 1 amide bonds. The molecule has 0 aliphatic heterocycles. The molecule has 4 heteroatoms. The number of nitrogens with one attached hydrogen (secondary N) is 1. The number of hydrogen-bond donors (Lipinski definition) is 2. The molecule has 0 bridgehead atoms. The monoisotopic (exact) mass is 177 g/mol. The Balaban J connectivity index is -0.000000405. The van der Waals surface area contributed by atoms with Gasteiger partial charge in [0.25, 0.3) is 0 Å². The zero-order valence-corrected chi connectivity index (χ0v) is 6.05. The quantitative estimate of drug-likeness (QED) is 0.682. The van der Waals surface area contributed by atoms with Crippen molar-refractivity contribution in [3.8, 4) is 0 Å². The van der Waals surface area contributed by atoms with E-state index in [0.717, 1.165) is 0 Å². The van der Waals surface area contributed by atoms with Gasteiger partial charge in [0, 0.05) is 6.92 Å². The van der Waals surface area contributed by atoms with E-state index in [1.54, 1.807) is 6.92 Å². The highest BCUT2D eigenvalue weighted by Gasteiger charge is 2.14. The van der Waals surface area contributed by atoms with E-state index in [9.17, 15) is 9.59 Å². The number of hydrogen-bond acceptors (Lipinski definition) is 2. The van der Waals surface area contributed by atoms with Crippen LogP contribution in [0, 0.1) is 0 Å². The molecule has 0 aliphatic carbocycles. The number of amides is 1. The number of carbonyl (C=O) groups is 2. The van der Waals surface area contributed by atoms with E-state index in [-0.39, 0.29) is 20.8 Å². The molecule has 0 saturated carbocycles. The van der Waals surface area contributed by atoms with E-state index >= 15 is 0 Å². The SMILES string of the molecule is C.C.CCC(NC(C)=O)C(=O)O. The third-order valence-corrected chi connectivity index (χ3v) is 1.08. The van der Waals surface area contributed by atoms with Gasteiger partial charge < -0.3 is 10.4 Å². The Hall–Kier alpha value is -1.06. The van der Waals surface area contributed by atoms with Gasteiger partial charge in [0.15, 0.2) is 0 Å². The molecule has 1 atom stereocenters. The fourth-order valence-electron chi connectivity index (χ4n) is 0.584. The van der Waals surface area contributed by atoms with Gasteiger partial charge in [0.05, 0.1) is 0 Å². The molecule has 0 aliphatic rings. The van der Waals surface area contributed by atoms with Crippen molar-refractivity contribution < 1.29 is 14.7 Å². The smallest absolute Gasteiger partial charge is 0.326 e. The summed E-state index contributed by atoms with van der Waals surface area (Å²) in [5, 5.41) is 10.7. The van der Waals surface area contributed by atoms with Gasteiger partial charge >= 0.3 is 5.97 Å². The number of carboxylic acid groups (broad SMARTS) is 1. The molecule has 0 radical (unpaired) electrons. The second kappa shape index (κ2) is 8.04. The predicted molar refractivity (Wildman–Crippen MR) is 49.0 cm³/mol. The first-order valence-electron chi connectivity index (χ1n) is 3.07. The zero-order valence-electron chi connectivity index (χ0n) is 6.05. The maximum absolute atomic E-state index is 10.3. The largest absolute Gasteiger partial charge is 0.480 e. The molecule has 0 fully saturated rings. The first-order chi connectivity index (χ1) is 4.57. The molecule has 0 aromatic rings. The Kier molecular flexibility index (Phi) is 11.5. The number of carbonyl (C=O) groups excluding carboxylic acids is 1. The molecule has 74 valence electrons. The Labute approximate surface area is 74.0 Å². The average molecular weight is 177 g/mol. The third kappa shape index (κ3) is 7.05. The lowest BCUT2D eigenvalue weighted by Crippen LogP contribution is -2.38. The highest BCUT2D eigenvalue weighted by atomic mass is 16.4. The third-order valence-electron chi connectivity index (χ3n) is 1.08. The van der Waals surface area contributed by atoms with E-state index < -0.39 is 12.0 Å². The summed E-state index contributed by atoms with van der Waals surface area (Å²) in [5.74, 6) is -1.30. The maximum atomic E-state index is 10.3. The van der Waals surface area contributed by atoms with Gasteiger partial charge in [0.2, 0.25) is 5.91 Å². The maximum Gasteiger partial charge on any atom is 0.326 e. The molecule has 0 aromatic carbocycles. The Morgan fingerprint density at radius 3 is 1.92 bits per heavy atom. The lowest BCUT2D eigenvalue weighted by Gasteiger charge is -2.08. The van der Waals surface area contributed by atoms with Crippen LogP contribution in [0.2, 0.25) is 0 Å². The number of carboxylic acids is 1. The first-order valence-corrected chi connectivity index (χ1v) is 3.07. The van der Waals surface area contributed by atoms with Crippen LogP contribution in [0.3, 0.4) is 0 Å². The summed E-state index contributed by atoms with van der Waals surface area (Å²) in [4.78, 5) is 20.6. The van der Waals surface area contributed by atoms with E-state index in [1.807, 2.05) is 0 Å². The van der Waals surface area contributed by atoms with Crippen molar-refractivity contribution in [2.75, 3.05) is 0 Å². The van der Waals surface area contributed by atoms with Crippen LogP contribution in [0.25, 0.3) is 0 Å². The highest BCUT2D eigenvalue weighted by Crippen LogP contribution is 1.89. The van der Waals surface area contributed by atoms with Crippen LogP contribution < -0.4 is 5.32 Å². The van der Waals surface area contributed by atoms with E-state index in [1.165, 1.54) is 6.92 Å². The lowest BCUT2D eigenvalue weighted by molar-refractivity contribution is -0.141. The minimum Gasteiger partial charge on any atom is -0.480 e. The molecule has 0 saturated heterocycles. The van der Waals surface area contributed by atoms with Gasteiger partial charge in [-0.2, -0.15) is 0 Å². The summed E-state index contributed by atoms with van der Waals surface area (Å²) in [6.45, 7) is 3.00. The molecule has 12 heavy (non-hydrogen) atoms. The van der Waals surface area contributed by atoms with E-state index in [4.69, 9.17) is 5.11 Å². The molecular weight excluding hydrogens is 158 g/mol. The fraction of sp³-hybridized carbons (Fsp3) is 0.750. The predicted octanol–water partition coefficient (Wildman–Crippen LogP) is 1.26. The second-order valence-corrected chi connectivity index (χ2v) is 2.00. The number of aliphatic carboxylic acids is 1. The van der Waals surface area contributed by atoms with E-state index in [2.05, 4.69) is 5.32 Å². The van der Waals surface area contributed by atoms with Crippen molar-refractivity contribution in [3.63, 3.8) is 0 Å². The van der Waals surface area contributed by atoms with Gasteiger partial charge in [-0.25, -0.2) is 4.79 Å². The van der Waals surface area contributed by atoms with E-state index in [0.29, 0.717) is 6.42 Å². The summed E-state index contributed by atoms with van der Waals surface area (Å²) >= 11 is 0. The zero-order chi connectivity index (χ0) is 8.15. The molecule has 4 nitrogen and oxygen atoms in total. The Bertz CT molecular complexity index is 145. The van der Waals surface area contributed by atoms with Crippen LogP contribution >= 0.6 is 0 Å². The number of rotatable bonds is 3. The minimum absolute atomic E-state index is 0. The topological polar surface area (TPSA) is 66.4 Å². The molecule has 2 N–H and O–H groups in total. The van der Waals surface area contributed by atoms with Gasteiger partial charge in [-0.15, -0.1) is 0 Å². The normalized spacial score (nSPS) is 10.2. The van der Waals surface area contributed by atoms with Gasteiger partial charge in [0.1, 0.15) is 6.04 Å². The van der Waals surface area contributed by atoms with Crippen molar-refractivity contribution >= 4 is 11.9 Å². The van der Waals surface area contributed by atoms with Gasteiger partial charge in [-0.05, 0) is 6.42 Å². The van der Waals surface area contributed by atoms with Crippen molar-refractivity contribution in [1.82, 2.24) is 5.32 Å². The van der Waals surface area contributed by atoms with Crippen LogP contribution in [-0.2, 0) is 9.59 Å². The van der Waals surface area contributed by atoms with Gasteiger partial charge in [-0.3, -0.25) is 4.79 Å².